The second kappa shape index (κ2) is 4.39. The first-order valence-corrected chi connectivity index (χ1v) is 5.25. The lowest BCUT2D eigenvalue weighted by Gasteiger charge is -2.03. The van der Waals surface area contributed by atoms with E-state index in [9.17, 15) is 0 Å². The van der Waals surface area contributed by atoms with Crippen LogP contribution in [-0.2, 0) is 6.54 Å². The Kier molecular flexibility index (Phi) is 2.96. The summed E-state index contributed by atoms with van der Waals surface area (Å²) in [6, 6.07) is 1.83. The summed E-state index contributed by atoms with van der Waals surface area (Å²) in [5, 5.41) is 10.0. The average Bonchev–Trinajstić information content (AvgIpc) is 2.61. The van der Waals surface area contributed by atoms with Gasteiger partial charge in [0.1, 0.15) is 16.7 Å². The molecule has 0 aliphatic rings. The summed E-state index contributed by atoms with van der Waals surface area (Å²) in [6.45, 7) is 2.69. The number of hydrogen-bond donors (Lipinski definition) is 2. The normalized spacial score (nSPS) is 10.3. The zero-order valence-corrected chi connectivity index (χ0v) is 9.74. The summed E-state index contributed by atoms with van der Waals surface area (Å²) in [5.74, 6) is 0.789. The van der Waals surface area contributed by atoms with Gasteiger partial charge in [0, 0.05) is 23.9 Å². The summed E-state index contributed by atoms with van der Waals surface area (Å²) in [4.78, 5) is 8.04. The largest absolute Gasteiger partial charge is 0.366 e. The van der Waals surface area contributed by atoms with Crippen LogP contribution in [0.5, 0.6) is 0 Å². The zero-order chi connectivity index (χ0) is 10.7. The molecule has 2 heterocycles. The maximum absolute atomic E-state index is 4.09. The number of halogens is 1. The van der Waals surface area contributed by atoms with E-state index in [1.807, 2.05) is 13.0 Å². The highest BCUT2D eigenvalue weighted by atomic mass is 79.9. The molecule has 0 bridgehead atoms. The van der Waals surface area contributed by atoms with E-state index in [-0.39, 0.29) is 0 Å². The van der Waals surface area contributed by atoms with Crippen molar-refractivity contribution in [2.75, 3.05) is 5.32 Å². The molecule has 0 atom stereocenters. The lowest BCUT2D eigenvalue weighted by Crippen LogP contribution is -2.01. The highest BCUT2D eigenvalue weighted by Crippen LogP contribution is 2.11. The van der Waals surface area contributed by atoms with Gasteiger partial charge in [0.05, 0.1) is 6.20 Å². The highest BCUT2D eigenvalue weighted by molar-refractivity contribution is 9.10. The number of aromatic amines is 1. The van der Waals surface area contributed by atoms with Gasteiger partial charge in [-0.2, -0.15) is 5.10 Å². The number of rotatable bonds is 3. The molecule has 0 amide bonds. The van der Waals surface area contributed by atoms with Crippen LogP contribution in [-0.4, -0.2) is 20.2 Å². The Morgan fingerprint density at radius 1 is 1.47 bits per heavy atom. The van der Waals surface area contributed by atoms with Gasteiger partial charge < -0.3 is 5.32 Å². The molecular weight excluding hydrogens is 258 g/mol. The van der Waals surface area contributed by atoms with E-state index in [1.165, 1.54) is 6.33 Å². The van der Waals surface area contributed by atoms with Crippen LogP contribution in [0.3, 0.4) is 0 Å². The Morgan fingerprint density at radius 3 is 3.00 bits per heavy atom. The molecule has 0 saturated carbocycles. The topological polar surface area (TPSA) is 66.5 Å². The highest BCUT2D eigenvalue weighted by Gasteiger charge is 2.00. The third kappa shape index (κ3) is 2.53. The van der Waals surface area contributed by atoms with E-state index in [0.29, 0.717) is 6.54 Å². The van der Waals surface area contributed by atoms with Crippen molar-refractivity contribution >= 4 is 21.7 Å². The van der Waals surface area contributed by atoms with Gasteiger partial charge in [0.2, 0.25) is 0 Å². The van der Waals surface area contributed by atoms with Crippen LogP contribution in [0.2, 0.25) is 0 Å². The molecule has 2 aromatic rings. The Balaban J connectivity index is 2.02. The Hall–Kier alpha value is -1.43. The molecule has 0 radical (unpaired) electrons. The molecule has 0 aliphatic carbocycles. The molecule has 0 spiro atoms. The van der Waals surface area contributed by atoms with Gasteiger partial charge in [-0.25, -0.2) is 9.97 Å². The number of H-pyrrole nitrogens is 1. The fourth-order valence-corrected chi connectivity index (χ4v) is 1.48. The van der Waals surface area contributed by atoms with Gasteiger partial charge in [-0.1, -0.05) is 0 Å². The Labute approximate surface area is 95.5 Å². The molecule has 2 rings (SSSR count). The Bertz CT molecular complexity index is 453. The van der Waals surface area contributed by atoms with Crippen molar-refractivity contribution in [1.29, 1.82) is 0 Å². The van der Waals surface area contributed by atoms with Crippen LogP contribution < -0.4 is 5.32 Å². The quantitative estimate of drug-likeness (QED) is 0.834. The lowest BCUT2D eigenvalue weighted by molar-refractivity contribution is 1.03. The van der Waals surface area contributed by atoms with Crippen molar-refractivity contribution < 1.29 is 0 Å². The molecule has 0 aromatic carbocycles. The minimum absolute atomic E-state index is 0.700. The predicted octanol–water partition coefficient (Wildman–Crippen LogP) is 1.88. The summed E-state index contributed by atoms with van der Waals surface area (Å²) >= 11 is 3.29. The second-order valence-electron chi connectivity index (χ2n) is 3.10. The number of aryl methyl sites for hydroxylation is 1. The minimum Gasteiger partial charge on any atom is -0.366 e. The Morgan fingerprint density at radius 2 is 2.33 bits per heavy atom. The molecule has 6 heteroatoms. The van der Waals surface area contributed by atoms with Crippen molar-refractivity contribution in [3.8, 4) is 0 Å². The van der Waals surface area contributed by atoms with Crippen LogP contribution in [0.25, 0.3) is 0 Å². The van der Waals surface area contributed by atoms with E-state index in [1.54, 1.807) is 6.20 Å². The number of nitrogens with one attached hydrogen (secondary N) is 2. The van der Waals surface area contributed by atoms with Crippen LogP contribution in [0.15, 0.2) is 23.2 Å². The lowest BCUT2D eigenvalue weighted by atomic mass is 10.2. The van der Waals surface area contributed by atoms with Crippen molar-refractivity contribution in [2.45, 2.75) is 13.5 Å². The molecule has 5 nitrogen and oxygen atoms in total. The molecule has 0 fully saturated rings. The molecule has 0 unspecified atom stereocenters. The summed E-state index contributed by atoms with van der Waals surface area (Å²) in [5.41, 5.74) is 2.19. The maximum Gasteiger partial charge on any atom is 0.130 e. The monoisotopic (exact) mass is 267 g/mol. The summed E-state index contributed by atoms with van der Waals surface area (Å²) in [6.07, 6.45) is 3.31. The average molecular weight is 268 g/mol. The van der Waals surface area contributed by atoms with Gasteiger partial charge in [-0.05, 0) is 22.9 Å². The SMILES string of the molecule is Cc1[nH]ncc1CNc1cc(Br)ncn1. The number of anilines is 1. The molecular formula is C9H10BrN5. The fourth-order valence-electron chi connectivity index (χ4n) is 1.17. The number of nitrogens with zero attached hydrogens (tertiary/aromatic N) is 3. The van der Waals surface area contributed by atoms with Crippen LogP contribution in [0, 0.1) is 6.92 Å². The van der Waals surface area contributed by atoms with E-state index >= 15 is 0 Å². The van der Waals surface area contributed by atoms with Crippen molar-refractivity contribution in [3.05, 3.63) is 34.5 Å². The van der Waals surface area contributed by atoms with E-state index in [0.717, 1.165) is 21.7 Å². The zero-order valence-electron chi connectivity index (χ0n) is 8.16. The molecule has 2 N–H and O–H groups in total. The smallest absolute Gasteiger partial charge is 0.130 e. The van der Waals surface area contributed by atoms with E-state index in [4.69, 9.17) is 0 Å². The van der Waals surface area contributed by atoms with Crippen molar-refractivity contribution in [1.82, 2.24) is 20.2 Å². The molecule has 2 aromatic heterocycles. The van der Waals surface area contributed by atoms with Crippen LogP contribution in [0.1, 0.15) is 11.3 Å². The number of hydrogen-bond acceptors (Lipinski definition) is 4. The van der Waals surface area contributed by atoms with Crippen LogP contribution in [0.4, 0.5) is 5.82 Å². The van der Waals surface area contributed by atoms with Crippen molar-refractivity contribution in [3.63, 3.8) is 0 Å². The van der Waals surface area contributed by atoms with Gasteiger partial charge in [-0.3, -0.25) is 5.10 Å². The fraction of sp³-hybridized carbons (Fsp3) is 0.222. The summed E-state index contributed by atoms with van der Waals surface area (Å²) < 4.78 is 0.768. The van der Waals surface area contributed by atoms with Gasteiger partial charge in [0.25, 0.3) is 0 Å². The van der Waals surface area contributed by atoms with Crippen LogP contribution >= 0.6 is 15.9 Å². The molecule has 0 saturated heterocycles. The van der Waals surface area contributed by atoms with E-state index in [2.05, 4.69) is 41.4 Å². The van der Waals surface area contributed by atoms with Crippen molar-refractivity contribution in [2.24, 2.45) is 0 Å². The standard InChI is InChI=1S/C9H10BrN5/c1-6-7(4-14-15-6)3-11-9-2-8(10)12-5-13-9/h2,4-5H,3H2,1H3,(H,14,15)(H,11,12,13). The van der Waals surface area contributed by atoms with Gasteiger partial charge >= 0.3 is 0 Å². The third-order valence-electron chi connectivity index (χ3n) is 2.03. The van der Waals surface area contributed by atoms with Gasteiger partial charge in [-0.15, -0.1) is 0 Å². The second-order valence-corrected chi connectivity index (χ2v) is 3.91. The first-order chi connectivity index (χ1) is 7.25. The summed E-state index contributed by atoms with van der Waals surface area (Å²) in [7, 11) is 0. The minimum atomic E-state index is 0.700. The van der Waals surface area contributed by atoms with Gasteiger partial charge in [0.15, 0.2) is 0 Å². The molecule has 15 heavy (non-hydrogen) atoms. The first kappa shape index (κ1) is 10.1. The van der Waals surface area contributed by atoms with E-state index < -0.39 is 0 Å². The maximum atomic E-state index is 4.09. The first-order valence-electron chi connectivity index (χ1n) is 4.46. The number of aromatic nitrogens is 4. The predicted molar refractivity (Wildman–Crippen MR) is 60.4 cm³/mol. The molecule has 78 valence electrons. The molecule has 0 aliphatic heterocycles. The third-order valence-corrected chi connectivity index (χ3v) is 2.46.